The van der Waals surface area contributed by atoms with Gasteiger partial charge in [0.15, 0.2) is 6.61 Å². The fourth-order valence-electron chi connectivity index (χ4n) is 1.80. The van der Waals surface area contributed by atoms with Gasteiger partial charge in [0, 0.05) is 6.08 Å². The third-order valence-electron chi connectivity index (χ3n) is 3.00. The first-order valence-electron chi connectivity index (χ1n) is 7.40. The summed E-state index contributed by atoms with van der Waals surface area (Å²) in [6.45, 7) is -0.697. The monoisotopic (exact) mass is 360 g/mol. The van der Waals surface area contributed by atoms with Gasteiger partial charge in [-0.1, -0.05) is 24.3 Å². The number of ether oxygens (including phenoxy) is 1. The first-order chi connectivity index (χ1) is 12.4. The summed E-state index contributed by atoms with van der Waals surface area (Å²) in [6, 6.07) is 9.83. The van der Waals surface area contributed by atoms with Crippen LogP contribution in [0.4, 0.5) is 19.3 Å². The molecule has 0 fully saturated rings. The first kappa shape index (κ1) is 18.8. The number of urea groups is 1. The largest absolute Gasteiger partial charge is 0.452 e. The fourth-order valence-corrected chi connectivity index (χ4v) is 1.80. The van der Waals surface area contributed by atoms with Crippen molar-refractivity contribution in [2.24, 2.45) is 0 Å². The Morgan fingerprint density at radius 1 is 1.00 bits per heavy atom. The van der Waals surface area contributed by atoms with Gasteiger partial charge < -0.3 is 10.1 Å². The van der Waals surface area contributed by atoms with Gasteiger partial charge in [0.2, 0.25) is 0 Å². The zero-order valence-corrected chi connectivity index (χ0v) is 13.4. The van der Waals surface area contributed by atoms with Gasteiger partial charge in [0.05, 0.1) is 5.69 Å². The molecule has 0 atom stereocenters. The topological polar surface area (TPSA) is 84.5 Å². The molecule has 0 aliphatic heterocycles. The molecule has 0 saturated carbocycles. The van der Waals surface area contributed by atoms with Crippen LogP contribution in [0.15, 0.2) is 54.6 Å². The van der Waals surface area contributed by atoms with Gasteiger partial charge in [-0.3, -0.25) is 10.1 Å². The number of carbonyl (C=O) groups is 3. The quantitative estimate of drug-likeness (QED) is 0.634. The normalized spacial score (nSPS) is 10.4. The average Bonchev–Trinajstić information content (AvgIpc) is 2.61. The standard InChI is InChI=1S/C18H14F2N2O4/c19-13-8-5-12(6-9-13)7-10-17(24)26-11-16(23)22-18(25)21-15-4-2-1-3-14(15)20/h1-10H,11H2,(H2,21,22,23,25)/b10-7+. The predicted molar refractivity (Wildman–Crippen MR) is 90.0 cm³/mol. The molecule has 26 heavy (non-hydrogen) atoms. The van der Waals surface area contributed by atoms with Gasteiger partial charge in [0.25, 0.3) is 5.91 Å². The molecule has 2 rings (SSSR count). The van der Waals surface area contributed by atoms with Crippen molar-refractivity contribution in [2.75, 3.05) is 11.9 Å². The lowest BCUT2D eigenvalue weighted by atomic mass is 10.2. The molecule has 134 valence electrons. The predicted octanol–water partition coefficient (Wildman–Crippen LogP) is 2.87. The Morgan fingerprint density at radius 2 is 1.69 bits per heavy atom. The lowest BCUT2D eigenvalue weighted by Gasteiger charge is -2.07. The van der Waals surface area contributed by atoms with Crippen LogP contribution < -0.4 is 10.6 Å². The van der Waals surface area contributed by atoms with Gasteiger partial charge in [-0.25, -0.2) is 18.4 Å². The van der Waals surface area contributed by atoms with Crippen molar-refractivity contribution in [3.05, 3.63) is 71.8 Å². The minimum absolute atomic E-state index is 0.1000. The molecule has 3 amide bonds. The minimum Gasteiger partial charge on any atom is -0.452 e. The molecule has 0 heterocycles. The lowest BCUT2D eigenvalue weighted by Crippen LogP contribution is -2.37. The molecule has 0 spiro atoms. The number of carbonyl (C=O) groups excluding carboxylic acids is 3. The highest BCUT2D eigenvalue weighted by Gasteiger charge is 2.11. The van der Waals surface area contributed by atoms with E-state index in [4.69, 9.17) is 0 Å². The van der Waals surface area contributed by atoms with E-state index in [1.165, 1.54) is 48.5 Å². The summed E-state index contributed by atoms with van der Waals surface area (Å²) in [6.07, 6.45) is 2.44. The Labute approximate surface area is 147 Å². The van der Waals surface area contributed by atoms with Crippen LogP contribution in [0.2, 0.25) is 0 Å². The van der Waals surface area contributed by atoms with Crippen LogP contribution in [-0.4, -0.2) is 24.5 Å². The highest BCUT2D eigenvalue weighted by atomic mass is 19.1. The molecule has 2 aromatic carbocycles. The van der Waals surface area contributed by atoms with Crippen molar-refractivity contribution in [1.29, 1.82) is 0 Å². The number of benzene rings is 2. The van der Waals surface area contributed by atoms with E-state index < -0.39 is 36.1 Å². The zero-order chi connectivity index (χ0) is 18.9. The number of hydrogen-bond acceptors (Lipinski definition) is 4. The maximum Gasteiger partial charge on any atom is 0.331 e. The van der Waals surface area contributed by atoms with Crippen molar-refractivity contribution in [1.82, 2.24) is 5.32 Å². The number of esters is 1. The third kappa shape index (κ3) is 6.16. The highest BCUT2D eigenvalue weighted by molar-refractivity contribution is 6.02. The summed E-state index contributed by atoms with van der Waals surface area (Å²) in [5, 5.41) is 4.04. The molecule has 6 nitrogen and oxygen atoms in total. The average molecular weight is 360 g/mol. The number of rotatable bonds is 5. The molecule has 0 aromatic heterocycles. The molecule has 2 aromatic rings. The van der Waals surface area contributed by atoms with Crippen LogP contribution in [0.3, 0.4) is 0 Å². The summed E-state index contributed by atoms with van der Waals surface area (Å²) in [4.78, 5) is 34.6. The molecule has 0 radical (unpaired) electrons. The number of amides is 3. The molecule has 0 saturated heterocycles. The lowest BCUT2D eigenvalue weighted by molar-refractivity contribution is -0.143. The number of para-hydroxylation sites is 1. The summed E-state index contributed by atoms with van der Waals surface area (Å²) >= 11 is 0. The number of nitrogens with one attached hydrogen (secondary N) is 2. The van der Waals surface area contributed by atoms with E-state index in [0.29, 0.717) is 5.56 Å². The smallest absolute Gasteiger partial charge is 0.331 e. The molecule has 0 unspecified atom stereocenters. The molecular weight excluding hydrogens is 346 g/mol. The summed E-state index contributed by atoms with van der Waals surface area (Å²) in [5.74, 6) is -2.77. The van der Waals surface area contributed by atoms with Crippen LogP contribution in [0.25, 0.3) is 6.08 Å². The number of anilines is 1. The Bertz CT molecular complexity index is 835. The Balaban J connectivity index is 1.75. The number of hydrogen-bond donors (Lipinski definition) is 2. The van der Waals surface area contributed by atoms with E-state index >= 15 is 0 Å². The van der Waals surface area contributed by atoms with E-state index in [1.807, 2.05) is 5.32 Å². The highest BCUT2D eigenvalue weighted by Crippen LogP contribution is 2.11. The van der Waals surface area contributed by atoms with E-state index in [0.717, 1.165) is 12.1 Å². The Morgan fingerprint density at radius 3 is 2.38 bits per heavy atom. The van der Waals surface area contributed by atoms with Gasteiger partial charge in [-0.05, 0) is 35.9 Å². The van der Waals surface area contributed by atoms with Gasteiger partial charge >= 0.3 is 12.0 Å². The molecule has 0 bridgehead atoms. The summed E-state index contributed by atoms with van der Waals surface area (Å²) < 4.78 is 30.8. The van der Waals surface area contributed by atoms with Crippen molar-refractivity contribution in [3.8, 4) is 0 Å². The van der Waals surface area contributed by atoms with Crippen LogP contribution in [0.1, 0.15) is 5.56 Å². The second kappa shape index (κ2) is 9.07. The second-order valence-electron chi connectivity index (χ2n) is 4.97. The molecule has 2 N–H and O–H groups in total. The maximum absolute atomic E-state index is 13.4. The minimum atomic E-state index is -0.960. The Hall–Kier alpha value is -3.55. The van der Waals surface area contributed by atoms with Gasteiger partial charge in [-0.2, -0.15) is 0 Å². The van der Waals surface area contributed by atoms with Crippen molar-refractivity contribution in [3.63, 3.8) is 0 Å². The molecular formula is C18H14F2N2O4. The van der Waals surface area contributed by atoms with Crippen LogP contribution in [0, 0.1) is 11.6 Å². The van der Waals surface area contributed by atoms with E-state index in [-0.39, 0.29) is 5.69 Å². The summed E-state index contributed by atoms with van der Waals surface area (Å²) in [7, 11) is 0. The number of imide groups is 1. The van der Waals surface area contributed by atoms with Crippen LogP contribution >= 0.6 is 0 Å². The molecule has 8 heteroatoms. The Kier molecular flexibility index (Phi) is 6.55. The maximum atomic E-state index is 13.4. The van der Waals surface area contributed by atoms with Crippen molar-refractivity contribution >= 4 is 29.7 Å². The van der Waals surface area contributed by atoms with E-state index in [9.17, 15) is 23.2 Å². The van der Waals surface area contributed by atoms with Gasteiger partial charge in [0.1, 0.15) is 11.6 Å². The second-order valence-corrected chi connectivity index (χ2v) is 4.97. The summed E-state index contributed by atoms with van der Waals surface area (Å²) in [5.41, 5.74) is 0.467. The first-order valence-corrected chi connectivity index (χ1v) is 7.40. The van der Waals surface area contributed by atoms with Crippen LogP contribution in [0.5, 0.6) is 0 Å². The fraction of sp³-hybridized carbons (Fsp3) is 0.0556. The number of halogens is 2. The molecule has 0 aliphatic carbocycles. The van der Waals surface area contributed by atoms with E-state index in [2.05, 4.69) is 10.1 Å². The molecule has 0 aliphatic rings. The van der Waals surface area contributed by atoms with Crippen molar-refractivity contribution < 1.29 is 27.9 Å². The van der Waals surface area contributed by atoms with Crippen LogP contribution in [-0.2, 0) is 14.3 Å². The van der Waals surface area contributed by atoms with Gasteiger partial charge in [-0.15, -0.1) is 0 Å². The van der Waals surface area contributed by atoms with Crippen molar-refractivity contribution in [2.45, 2.75) is 0 Å². The third-order valence-corrected chi connectivity index (χ3v) is 3.00. The zero-order valence-electron chi connectivity index (χ0n) is 13.4. The SMILES string of the molecule is O=C(COC(=O)/C=C/c1ccc(F)cc1)NC(=O)Nc1ccccc1F. The van der Waals surface area contributed by atoms with E-state index in [1.54, 1.807) is 0 Å².